The van der Waals surface area contributed by atoms with Crippen LogP contribution in [0.25, 0.3) is 16.6 Å². The lowest BCUT2D eigenvalue weighted by atomic mass is 10.1. The van der Waals surface area contributed by atoms with E-state index in [1.165, 1.54) is 11.3 Å². The van der Waals surface area contributed by atoms with Gasteiger partial charge in [-0.1, -0.05) is 11.6 Å². The fourth-order valence-corrected chi connectivity index (χ4v) is 3.65. The third-order valence-electron chi connectivity index (χ3n) is 4.25. The zero-order valence-corrected chi connectivity index (χ0v) is 18.1. The summed E-state index contributed by atoms with van der Waals surface area (Å²) in [7, 11) is 0. The number of carbonyl (C=O) groups is 1. The summed E-state index contributed by atoms with van der Waals surface area (Å²) in [5.41, 5.74) is 0.326. The van der Waals surface area contributed by atoms with Gasteiger partial charge in [0.1, 0.15) is 17.3 Å². The molecular formula is C21H19ClN4O3S. The van der Waals surface area contributed by atoms with Crippen molar-refractivity contribution in [2.75, 3.05) is 5.32 Å². The summed E-state index contributed by atoms with van der Waals surface area (Å²) in [5, 5.41) is 10.5. The lowest BCUT2D eigenvalue weighted by Crippen LogP contribution is -2.42. The maximum atomic E-state index is 13.0. The van der Waals surface area contributed by atoms with E-state index in [1.54, 1.807) is 61.2 Å². The van der Waals surface area contributed by atoms with Gasteiger partial charge in [0.15, 0.2) is 11.4 Å². The Balaban J connectivity index is 1.55. The van der Waals surface area contributed by atoms with E-state index in [0.29, 0.717) is 33.2 Å². The molecule has 0 aliphatic carbocycles. The summed E-state index contributed by atoms with van der Waals surface area (Å²) in [4.78, 5) is 17.5. The number of nitrogens with zero attached hydrogens (tertiary/aromatic N) is 3. The number of hydrogen-bond donors (Lipinski definition) is 1. The van der Waals surface area contributed by atoms with Crippen molar-refractivity contribution in [3.05, 3.63) is 64.8 Å². The van der Waals surface area contributed by atoms with Gasteiger partial charge in [0, 0.05) is 16.5 Å². The highest BCUT2D eigenvalue weighted by Crippen LogP contribution is 2.27. The van der Waals surface area contributed by atoms with Gasteiger partial charge in [-0.25, -0.2) is 4.98 Å². The van der Waals surface area contributed by atoms with Gasteiger partial charge in [0.05, 0.1) is 12.0 Å². The highest BCUT2D eigenvalue weighted by molar-refractivity contribution is 7.12. The molecule has 30 heavy (non-hydrogen) atoms. The van der Waals surface area contributed by atoms with Crippen LogP contribution in [0.4, 0.5) is 5.82 Å². The number of anilines is 1. The molecule has 0 radical (unpaired) electrons. The topological polar surface area (TPSA) is 82.2 Å². The van der Waals surface area contributed by atoms with Crippen LogP contribution in [0.1, 0.15) is 19.5 Å². The van der Waals surface area contributed by atoms with E-state index in [9.17, 15) is 4.79 Å². The predicted octanol–water partition coefficient (Wildman–Crippen LogP) is 5.35. The van der Waals surface area contributed by atoms with Crippen molar-refractivity contribution in [3.63, 3.8) is 0 Å². The normalized spacial score (nSPS) is 11.5. The van der Waals surface area contributed by atoms with Crippen LogP contribution in [0.15, 0.2) is 58.5 Å². The first-order chi connectivity index (χ1) is 14.3. The number of carbonyl (C=O) groups excluding carboxylic acids is 1. The molecule has 0 fully saturated rings. The average molecular weight is 443 g/mol. The lowest BCUT2D eigenvalue weighted by molar-refractivity contribution is -0.128. The van der Waals surface area contributed by atoms with Crippen LogP contribution >= 0.6 is 22.9 Å². The number of aryl methyl sites for hydroxylation is 1. The molecule has 1 N–H and O–H groups in total. The summed E-state index contributed by atoms with van der Waals surface area (Å²) >= 11 is 7.31. The molecule has 154 valence electrons. The minimum Gasteiger partial charge on any atom is -0.478 e. The quantitative estimate of drug-likeness (QED) is 0.435. The van der Waals surface area contributed by atoms with Crippen molar-refractivity contribution < 1.29 is 13.9 Å². The third kappa shape index (κ3) is 4.24. The van der Waals surface area contributed by atoms with Crippen LogP contribution in [-0.2, 0) is 4.79 Å². The number of nitrogens with one attached hydrogen (secondary N) is 1. The van der Waals surface area contributed by atoms with E-state index in [0.717, 1.165) is 5.69 Å². The smallest absolute Gasteiger partial charge is 0.269 e. The van der Waals surface area contributed by atoms with Crippen molar-refractivity contribution in [3.8, 4) is 22.3 Å². The summed E-state index contributed by atoms with van der Waals surface area (Å²) in [6.07, 6.45) is 1.60. The Morgan fingerprint density at radius 3 is 2.73 bits per heavy atom. The largest absolute Gasteiger partial charge is 0.478 e. The SMILES string of the molecule is Cc1cc(NC(=O)C(C)(C)Oc2ccc(Cl)cc2)n(-c2nc(-c3ccco3)cs2)n1. The monoisotopic (exact) mass is 442 g/mol. The second-order valence-electron chi connectivity index (χ2n) is 7.10. The number of ether oxygens (including phenoxy) is 1. The van der Waals surface area contributed by atoms with Crippen LogP contribution in [0.3, 0.4) is 0 Å². The van der Waals surface area contributed by atoms with E-state index >= 15 is 0 Å². The van der Waals surface area contributed by atoms with Gasteiger partial charge in [-0.3, -0.25) is 4.79 Å². The van der Waals surface area contributed by atoms with Crippen molar-refractivity contribution in [2.24, 2.45) is 0 Å². The Morgan fingerprint density at radius 1 is 1.27 bits per heavy atom. The second-order valence-corrected chi connectivity index (χ2v) is 8.37. The highest BCUT2D eigenvalue weighted by atomic mass is 35.5. The van der Waals surface area contributed by atoms with Gasteiger partial charge in [0.25, 0.3) is 5.91 Å². The first-order valence-electron chi connectivity index (χ1n) is 9.14. The number of thiazole rings is 1. The second kappa shape index (κ2) is 7.97. The lowest BCUT2D eigenvalue weighted by Gasteiger charge is -2.25. The molecule has 0 saturated heterocycles. The Kier molecular flexibility index (Phi) is 5.36. The number of furan rings is 1. The molecule has 0 aliphatic heterocycles. The van der Waals surface area contributed by atoms with Crippen LogP contribution in [0.5, 0.6) is 5.75 Å². The Labute approximate surface area is 182 Å². The van der Waals surface area contributed by atoms with Gasteiger partial charge in [0.2, 0.25) is 5.13 Å². The molecule has 9 heteroatoms. The van der Waals surface area contributed by atoms with Gasteiger partial charge < -0.3 is 14.5 Å². The fourth-order valence-electron chi connectivity index (χ4n) is 2.74. The Morgan fingerprint density at radius 2 is 2.03 bits per heavy atom. The summed E-state index contributed by atoms with van der Waals surface area (Å²) in [6, 6.07) is 12.3. The molecule has 0 atom stereocenters. The van der Waals surface area contributed by atoms with Crippen molar-refractivity contribution in [1.82, 2.24) is 14.8 Å². The van der Waals surface area contributed by atoms with E-state index < -0.39 is 5.60 Å². The first kappa shape index (κ1) is 20.2. The maximum Gasteiger partial charge on any atom is 0.269 e. The molecule has 1 amide bonds. The van der Waals surface area contributed by atoms with Crippen LogP contribution in [-0.4, -0.2) is 26.3 Å². The summed E-state index contributed by atoms with van der Waals surface area (Å²) < 4.78 is 12.9. The van der Waals surface area contributed by atoms with Gasteiger partial charge >= 0.3 is 0 Å². The predicted molar refractivity (Wildman–Crippen MR) is 116 cm³/mol. The number of rotatable bonds is 6. The van der Waals surface area contributed by atoms with Crippen molar-refractivity contribution in [1.29, 1.82) is 0 Å². The number of amides is 1. The molecule has 7 nitrogen and oxygen atoms in total. The number of aromatic nitrogens is 3. The summed E-state index contributed by atoms with van der Waals surface area (Å²) in [6.45, 7) is 5.24. The minimum absolute atomic E-state index is 0.318. The maximum absolute atomic E-state index is 13.0. The molecule has 4 aromatic rings. The van der Waals surface area contributed by atoms with E-state index in [4.69, 9.17) is 20.8 Å². The van der Waals surface area contributed by atoms with Crippen molar-refractivity contribution >= 4 is 34.7 Å². The Hall–Kier alpha value is -3.10. The van der Waals surface area contributed by atoms with Crippen LogP contribution < -0.4 is 10.1 Å². The van der Waals surface area contributed by atoms with E-state index in [1.807, 2.05) is 18.4 Å². The molecule has 0 bridgehead atoms. The molecule has 0 unspecified atom stereocenters. The van der Waals surface area contributed by atoms with Gasteiger partial charge in [-0.2, -0.15) is 9.78 Å². The molecule has 4 rings (SSSR count). The average Bonchev–Trinajstić information content (AvgIpc) is 3.43. The zero-order chi connectivity index (χ0) is 21.3. The zero-order valence-electron chi connectivity index (χ0n) is 16.5. The van der Waals surface area contributed by atoms with Gasteiger partial charge in [-0.05, 0) is 57.2 Å². The number of benzene rings is 1. The third-order valence-corrected chi connectivity index (χ3v) is 5.32. The molecule has 0 saturated carbocycles. The van der Waals surface area contributed by atoms with Crippen LogP contribution in [0, 0.1) is 6.92 Å². The highest BCUT2D eigenvalue weighted by Gasteiger charge is 2.31. The molecule has 1 aromatic carbocycles. The molecule has 0 spiro atoms. The van der Waals surface area contributed by atoms with Crippen molar-refractivity contribution in [2.45, 2.75) is 26.4 Å². The minimum atomic E-state index is -1.13. The Bertz CT molecular complexity index is 1160. The van der Waals surface area contributed by atoms with E-state index in [2.05, 4.69) is 15.4 Å². The van der Waals surface area contributed by atoms with Gasteiger partial charge in [-0.15, -0.1) is 11.3 Å². The van der Waals surface area contributed by atoms with E-state index in [-0.39, 0.29) is 5.91 Å². The summed E-state index contributed by atoms with van der Waals surface area (Å²) in [5.74, 6) is 1.41. The number of hydrogen-bond acceptors (Lipinski definition) is 6. The molecule has 0 aliphatic rings. The molecular weight excluding hydrogens is 424 g/mol. The molecule has 3 heterocycles. The standard InChI is InChI=1S/C21H19ClN4O3S/c1-13-11-18(24-19(27)21(2,3)29-15-8-6-14(22)7-9-15)26(25-13)20-23-16(12-30-20)17-5-4-10-28-17/h4-12H,1-3H3,(H,24,27). The molecule has 3 aromatic heterocycles. The fraction of sp³-hybridized carbons (Fsp3) is 0.190. The first-order valence-corrected chi connectivity index (χ1v) is 10.4. The number of halogens is 1. The van der Waals surface area contributed by atoms with Crippen LogP contribution in [0.2, 0.25) is 5.02 Å².